The standard InChI is InChI=1S/C15H15BrClFN2/c1-8(2)6-12-13(16)14(17)20-15(19-12)10-4-5-11(18)9(3)7-10/h4-5,7-8H,6H2,1-3H3. The van der Waals surface area contributed by atoms with Crippen LogP contribution in [0.5, 0.6) is 0 Å². The van der Waals surface area contributed by atoms with E-state index in [1.54, 1.807) is 19.1 Å². The Kier molecular flexibility index (Phi) is 4.76. The van der Waals surface area contributed by atoms with E-state index < -0.39 is 0 Å². The van der Waals surface area contributed by atoms with E-state index in [9.17, 15) is 4.39 Å². The molecule has 0 bridgehead atoms. The van der Waals surface area contributed by atoms with Crippen molar-refractivity contribution in [3.8, 4) is 11.4 Å². The molecule has 0 aliphatic rings. The van der Waals surface area contributed by atoms with E-state index in [1.165, 1.54) is 6.07 Å². The second-order valence-electron chi connectivity index (χ2n) is 5.16. The molecule has 2 nitrogen and oxygen atoms in total. The molecule has 0 saturated carbocycles. The number of nitrogens with zero attached hydrogens (tertiary/aromatic N) is 2. The van der Waals surface area contributed by atoms with Crippen molar-refractivity contribution >= 4 is 27.5 Å². The summed E-state index contributed by atoms with van der Waals surface area (Å²) in [6, 6.07) is 4.82. The Morgan fingerprint density at radius 2 is 2.00 bits per heavy atom. The molecule has 0 atom stereocenters. The van der Waals surface area contributed by atoms with Gasteiger partial charge in [0.25, 0.3) is 0 Å². The molecule has 0 aliphatic heterocycles. The monoisotopic (exact) mass is 356 g/mol. The third-order valence-corrected chi connectivity index (χ3v) is 4.23. The summed E-state index contributed by atoms with van der Waals surface area (Å²) in [4.78, 5) is 8.82. The molecule has 0 aliphatic carbocycles. The lowest BCUT2D eigenvalue weighted by Gasteiger charge is -2.10. The predicted molar refractivity (Wildman–Crippen MR) is 83.4 cm³/mol. The first-order valence-corrected chi connectivity index (χ1v) is 7.54. The minimum Gasteiger partial charge on any atom is -0.232 e. The van der Waals surface area contributed by atoms with Crippen molar-refractivity contribution in [3.63, 3.8) is 0 Å². The van der Waals surface area contributed by atoms with Crippen molar-refractivity contribution in [1.82, 2.24) is 9.97 Å². The molecule has 0 fully saturated rings. The van der Waals surface area contributed by atoms with Crippen LogP contribution in [0.15, 0.2) is 22.7 Å². The molecule has 1 heterocycles. The lowest BCUT2D eigenvalue weighted by Crippen LogP contribution is -2.03. The van der Waals surface area contributed by atoms with E-state index in [4.69, 9.17) is 11.6 Å². The van der Waals surface area contributed by atoms with Gasteiger partial charge in [0.1, 0.15) is 11.0 Å². The quantitative estimate of drug-likeness (QED) is 0.705. The van der Waals surface area contributed by atoms with Crippen LogP contribution in [0.25, 0.3) is 11.4 Å². The van der Waals surface area contributed by atoms with Gasteiger partial charge in [-0.3, -0.25) is 0 Å². The van der Waals surface area contributed by atoms with Gasteiger partial charge in [0, 0.05) is 5.56 Å². The van der Waals surface area contributed by atoms with Gasteiger partial charge in [0.2, 0.25) is 0 Å². The number of aromatic nitrogens is 2. The van der Waals surface area contributed by atoms with Crippen molar-refractivity contribution in [3.05, 3.63) is 44.9 Å². The fraction of sp³-hybridized carbons (Fsp3) is 0.333. The van der Waals surface area contributed by atoms with Crippen LogP contribution in [-0.4, -0.2) is 9.97 Å². The topological polar surface area (TPSA) is 25.8 Å². The molecule has 106 valence electrons. The molecule has 0 N–H and O–H groups in total. The van der Waals surface area contributed by atoms with Gasteiger partial charge in [-0.2, -0.15) is 0 Å². The number of rotatable bonds is 3. The molecule has 0 saturated heterocycles. The molecule has 0 radical (unpaired) electrons. The smallest absolute Gasteiger partial charge is 0.161 e. The number of hydrogen-bond acceptors (Lipinski definition) is 2. The zero-order chi connectivity index (χ0) is 14.9. The fourth-order valence-electron chi connectivity index (χ4n) is 1.90. The third kappa shape index (κ3) is 3.36. The van der Waals surface area contributed by atoms with Gasteiger partial charge in [-0.15, -0.1) is 0 Å². The van der Waals surface area contributed by atoms with Crippen LogP contribution in [0.1, 0.15) is 25.1 Å². The Morgan fingerprint density at radius 3 is 2.60 bits per heavy atom. The van der Waals surface area contributed by atoms with Gasteiger partial charge >= 0.3 is 0 Å². The van der Waals surface area contributed by atoms with E-state index in [1.807, 2.05) is 0 Å². The van der Waals surface area contributed by atoms with Gasteiger partial charge in [-0.1, -0.05) is 25.4 Å². The molecular formula is C15H15BrClFN2. The maximum Gasteiger partial charge on any atom is 0.161 e. The summed E-state index contributed by atoms with van der Waals surface area (Å²) in [5.41, 5.74) is 2.20. The average Bonchev–Trinajstić information content (AvgIpc) is 2.37. The summed E-state index contributed by atoms with van der Waals surface area (Å²) >= 11 is 9.58. The largest absolute Gasteiger partial charge is 0.232 e. The highest BCUT2D eigenvalue weighted by Gasteiger charge is 2.14. The highest BCUT2D eigenvalue weighted by molar-refractivity contribution is 9.10. The Balaban J connectivity index is 2.51. The van der Waals surface area contributed by atoms with E-state index >= 15 is 0 Å². The third-order valence-electron chi connectivity index (χ3n) is 2.90. The van der Waals surface area contributed by atoms with Crippen molar-refractivity contribution in [1.29, 1.82) is 0 Å². The van der Waals surface area contributed by atoms with Gasteiger partial charge in [-0.25, -0.2) is 14.4 Å². The highest BCUT2D eigenvalue weighted by Crippen LogP contribution is 2.29. The van der Waals surface area contributed by atoms with Crippen LogP contribution in [0.3, 0.4) is 0 Å². The summed E-state index contributed by atoms with van der Waals surface area (Å²) in [6.07, 6.45) is 0.802. The summed E-state index contributed by atoms with van der Waals surface area (Å²) in [7, 11) is 0. The van der Waals surface area contributed by atoms with Crippen molar-refractivity contribution in [2.75, 3.05) is 0 Å². The number of aryl methyl sites for hydroxylation is 1. The zero-order valence-electron chi connectivity index (χ0n) is 11.5. The average molecular weight is 358 g/mol. The molecule has 1 aromatic heterocycles. The van der Waals surface area contributed by atoms with Gasteiger partial charge in [0.15, 0.2) is 5.82 Å². The molecule has 20 heavy (non-hydrogen) atoms. The van der Waals surface area contributed by atoms with E-state index in [-0.39, 0.29) is 5.82 Å². The van der Waals surface area contributed by atoms with Crippen LogP contribution < -0.4 is 0 Å². The van der Waals surface area contributed by atoms with Crippen molar-refractivity contribution < 1.29 is 4.39 Å². The highest BCUT2D eigenvalue weighted by atomic mass is 79.9. The first-order chi connectivity index (χ1) is 9.38. The van der Waals surface area contributed by atoms with Crippen LogP contribution in [0.4, 0.5) is 4.39 Å². The maximum atomic E-state index is 13.3. The van der Waals surface area contributed by atoms with Gasteiger partial charge in [-0.05, 0) is 59.0 Å². The Hall–Kier alpha value is -1.00. The summed E-state index contributed by atoms with van der Waals surface area (Å²) < 4.78 is 14.1. The Labute approximate surface area is 131 Å². The van der Waals surface area contributed by atoms with Crippen LogP contribution in [0, 0.1) is 18.7 Å². The fourth-order valence-corrected chi connectivity index (χ4v) is 2.43. The number of benzene rings is 1. The summed E-state index contributed by atoms with van der Waals surface area (Å²) in [6.45, 7) is 5.95. The first kappa shape index (κ1) is 15.4. The van der Waals surface area contributed by atoms with E-state index in [0.717, 1.165) is 22.2 Å². The summed E-state index contributed by atoms with van der Waals surface area (Å²) in [5.74, 6) is 0.747. The molecular weight excluding hydrogens is 343 g/mol. The van der Waals surface area contributed by atoms with Crippen molar-refractivity contribution in [2.24, 2.45) is 5.92 Å². The van der Waals surface area contributed by atoms with Gasteiger partial charge in [0.05, 0.1) is 10.2 Å². The van der Waals surface area contributed by atoms with E-state index in [2.05, 4.69) is 39.7 Å². The Bertz CT molecular complexity index is 644. The predicted octanol–water partition coefficient (Wildman–Crippen LogP) is 5.21. The molecule has 0 spiro atoms. The molecule has 0 amide bonds. The van der Waals surface area contributed by atoms with Gasteiger partial charge < -0.3 is 0 Å². The molecule has 2 rings (SSSR count). The maximum absolute atomic E-state index is 13.3. The normalized spacial score (nSPS) is 11.2. The number of hydrogen-bond donors (Lipinski definition) is 0. The minimum atomic E-state index is -0.237. The molecule has 5 heteroatoms. The minimum absolute atomic E-state index is 0.237. The summed E-state index contributed by atoms with van der Waals surface area (Å²) in [5, 5.41) is 0.382. The number of halogens is 3. The molecule has 2 aromatic rings. The Morgan fingerprint density at radius 1 is 1.30 bits per heavy atom. The van der Waals surface area contributed by atoms with E-state index in [0.29, 0.717) is 22.5 Å². The van der Waals surface area contributed by atoms with Crippen LogP contribution >= 0.6 is 27.5 Å². The zero-order valence-corrected chi connectivity index (χ0v) is 13.9. The van der Waals surface area contributed by atoms with Crippen LogP contribution in [-0.2, 0) is 6.42 Å². The second kappa shape index (κ2) is 6.19. The SMILES string of the molecule is Cc1cc(-c2nc(Cl)c(Br)c(CC(C)C)n2)ccc1F. The molecule has 0 unspecified atom stereocenters. The van der Waals surface area contributed by atoms with Crippen molar-refractivity contribution in [2.45, 2.75) is 27.2 Å². The second-order valence-corrected chi connectivity index (χ2v) is 6.31. The first-order valence-electron chi connectivity index (χ1n) is 6.37. The molecule has 1 aromatic carbocycles. The lowest BCUT2D eigenvalue weighted by molar-refractivity contribution is 0.618. The van der Waals surface area contributed by atoms with Crippen LogP contribution in [0.2, 0.25) is 5.15 Å². The lowest BCUT2D eigenvalue weighted by atomic mass is 10.1.